The quantitative estimate of drug-likeness (QED) is 0.691. The highest BCUT2D eigenvalue weighted by molar-refractivity contribution is 6.09. The molecule has 0 fully saturated rings. The van der Waals surface area contributed by atoms with E-state index in [1.54, 1.807) is 0 Å². The van der Waals surface area contributed by atoms with Gasteiger partial charge in [-0.05, 0) is 41.8 Å². The Hall–Kier alpha value is -3.36. The normalized spacial score (nSPS) is 19.1. The zero-order chi connectivity index (χ0) is 21.9. The molecular weight excluding hydrogens is 402 g/mol. The molecule has 1 aliphatic rings. The summed E-state index contributed by atoms with van der Waals surface area (Å²) >= 11 is 0. The average molecular weight is 421 g/mol. The van der Waals surface area contributed by atoms with Crippen molar-refractivity contribution in [2.75, 3.05) is 13.7 Å². The zero-order valence-electron chi connectivity index (χ0n) is 16.0. The highest BCUT2D eigenvalue weighted by Crippen LogP contribution is 2.40. The van der Waals surface area contributed by atoms with Crippen molar-refractivity contribution in [2.24, 2.45) is 10.7 Å². The van der Waals surface area contributed by atoms with Crippen LogP contribution < -0.4 is 10.5 Å². The Labute approximate surface area is 170 Å². The van der Waals surface area contributed by atoms with E-state index < -0.39 is 30.5 Å². The predicted molar refractivity (Wildman–Crippen MR) is 104 cm³/mol. The molecule has 1 aliphatic heterocycles. The first kappa shape index (κ1) is 21.4. The van der Waals surface area contributed by atoms with Crippen LogP contribution in [0.4, 0.5) is 17.6 Å². The van der Waals surface area contributed by atoms with Crippen LogP contribution in [-0.2, 0) is 10.3 Å². The van der Waals surface area contributed by atoms with Crippen LogP contribution >= 0.6 is 0 Å². The van der Waals surface area contributed by atoms with Crippen LogP contribution in [0, 0.1) is 5.82 Å². The molecule has 0 aliphatic carbocycles. The number of nitrogens with zero attached hydrogens (tertiary/aromatic N) is 2. The Balaban J connectivity index is 2.14. The van der Waals surface area contributed by atoms with Gasteiger partial charge in [-0.15, -0.1) is 0 Å². The van der Waals surface area contributed by atoms with Crippen LogP contribution in [-0.4, -0.2) is 37.1 Å². The molecule has 0 saturated carbocycles. The average Bonchev–Trinajstić information content (AvgIpc) is 2.94. The van der Waals surface area contributed by atoms with Crippen LogP contribution in [0.2, 0.25) is 0 Å². The van der Waals surface area contributed by atoms with E-state index in [1.165, 1.54) is 61.7 Å². The van der Waals surface area contributed by atoms with E-state index in [4.69, 9.17) is 5.73 Å². The molecule has 0 spiro atoms. The molecule has 3 rings (SSSR count). The maximum Gasteiger partial charge on any atom is 0.387 e. The standard InChI is InChI=1S/C21H19F4N3O2/c1-28-18(29)21(27-20(28)26,14-5-8-16(9-6-14)30-19(24)25)15-7-10-17(23)13(12-15)4-2-3-11-22/h2,4-10,12,19H,3,11H2,1H3,(H2,26,27)/b4-2+/t21-/m0/s1. The number of allylic oxidation sites excluding steroid dienone is 1. The van der Waals surface area contributed by atoms with E-state index >= 15 is 0 Å². The number of guanidine groups is 1. The number of alkyl halides is 3. The first-order valence-electron chi connectivity index (χ1n) is 9.01. The Kier molecular flexibility index (Phi) is 6.09. The Morgan fingerprint density at radius 3 is 2.43 bits per heavy atom. The summed E-state index contributed by atoms with van der Waals surface area (Å²) in [5.41, 5.74) is 5.07. The fourth-order valence-electron chi connectivity index (χ4n) is 3.23. The number of rotatable bonds is 7. The minimum atomic E-state index is -2.99. The lowest BCUT2D eigenvalue weighted by atomic mass is 9.82. The van der Waals surface area contributed by atoms with Gasteiger partial charge < -0.3 is 10.5 Å². The first-order valence-corrected chi connectivity index (χ1v) is 9.01. The summed E-state index contributed by atoms with van der Waals surface area (Å²) in [7, 11) is 1.45. The van der Waals surface area contributed by atoms with Gasteiger partial charge in [0, 0.05) is 12.6 Å². The van der Waals surface area contributed by atoms with E-state index in [1.807, 2.05) is 0 Å². The van der Waals surface area contributed by atoms with E-state index in [2.05, 4.69) is 9.73 Å². The van der Waals surface area contributed by atoms with Crippen molar-refractivity contribution < 1.29 is 27.1 Å². The lowest BCUT2D eigenvalue weighted by molar-refractivity contribution is -0.129. The summed E-state index contributed by atoms with van der Waals surface area (Å²) in [5.74, 6) is -1.19. The van der Waals surface area contributed by atoms with E-state index in [0.29, 0.717) is 11.1 Å². The van der Waals surface area contributed by atoms with Gasteiger partial charge in [-0.3, -0.25) is 14.1 Å². The lowest BCUT2D eigenvalue weighted by Crippen LogP contribution is -2.41. The molecule has 0 radical (unpaired) electrons. The monoisotopic (exact) mass is 421 g/mol. The summed E-state index contributed by atoms with van der Waals surface area (Å²) in [6.45, 7) is -3.58. The fraction of sp³-hybridized carbons (Fsp3) is 0.238. The number of carbonyl (C=O) groups is 1. The largest absolute Gasteiger partial charge is 0.435 e. The maximum absolute atomic E-state index is 14.2. The number of benzene rings is 2. The molecule has 30 heavy (non-hydrogen) atoms. The second-order valence-electron chi connectivity index (χ2n) is 6.56. The number of likely N-dealkylation sites (N-methyl/N-ethyl adjacent to an activating group) is 1. The topological polar surface area (TPSA) is 67.9 Å². The predicted octanol–water partition coefficient (Wildman–Crippen LogP) is 3.83. The molecule has 2 aromatic carbocycles. The van der Waals surface area contributed by atoms with Crippen LogP contribution in [0.3, 0.4) is 0 Å². The van der Waals surface area contributed by atoms with Gasteiger partial charge in [0.15, 0.2) is 11.5 Å². The molecule has 158 valence electrons. The van der Waals surface area contributed by atoms with Crippen molar-refractivity contribution in [3.63, 3.8) is 0 Å². The van der Waals surface area contributed by atoms with Gasteiger partial charge in [0.25, 0.3) is 5.91 Å². The fourth-order valence-corrected chi connectivity index (χ4v) is 3.23. The number of aliphatic imine (C=N–C) groups is 1. The van der Waals surface area contributed by atoms with Crippen molar-refractivity contribution >= 4 is 17.9 Å². The molecule has 0 bridgehead atoms. The van der Waals surface area contributed by atoms with E-state index in [9.17, 15) is 22.4 Å². The molecule has 1 atom stereocenters. The SMILES string of the molecule is CN1C(=O)[C@](c2ccc(OC(F)F)cc2)(c2ccc(F)c(/C=C/CCF)c2)N=C1N. The van der Waals surface area contributed by atoms with Gasteiger partial charge in [-0.25, -0.2) is 9.38 Å². The second kappa shape index (κ2) is 8.56. The Morgan fingerprint density at radius 1 is 1.20 bits per heavy atom. The van der Waals surface area contributed by atoms with Crippen molar-refractivity contribution in [1.29, 1.82) is 0 Å². The maximum atomic E-state index is 14.2. The van der Waals surface area contributed by atoms with Gasteiger partial charge in [-0.2, -0.15) is 8.78 Å². The number of nitrogens with two attached hydrogens (primary N) is 1. The Morgan fingerprint density at radius 2 is 1.87 bits per heavy atom. The summed E-state index contributed by atoms with van der Waals surface area (Å²) < 4.78 is 55.9. The molecule has 2 N–H and O–H groups in total. The molecular formula is C21H19F4N3O2. The zero-order valence-corrected chi connectivity index (χ0v) is 16.0. The highest BCUT2D eigenvalue weighted by atomic mass is 19.3. The van der Waals surface area contributed by atoms with Gasteiger partial charge in [0.1, 0.15) is 11.6 Å². The number of hydrogen-bond acceptors (Lipinski definition) is 4. The van der Waals surface area contributed by atoms with Crippen LogP contribution in [0.5, 0.6) is 5.75 Å². The summed E-state index contributed by atoms with van der Waals surface area (Å²) in [4.78, 5) is 18.7. The molecule has 0 unspecified atom stereocenters. The first-order chi connectivity index (χ1) is 14.3. The van der Waals surface area contributed by atoms with Crippen molar-refractivity contribution in [1.82, 2.24) is 4.90 Å². The van der Waals surface area contributed by atoms with Crippen LogP contribution in [0.1, 0.15) is 23.1 Å². The molecule has 9 heteroatoms. The second-order valence-corrected chi connectivity index (χ2v) is 6.56. The van der Waals surface area contributed by atoms with E-state index in [-0.39, 0.29) is 23.7 Å². The molecule has 1 amide bonds. The van der Waals surface area contributed by atoms with Crippen molar-refractivity contribution in [3.8, 4) is 5.75 Å². The highest BCUT2D eigenvalue weighted by Gasteiger charge is 2.49. The van der Waals surface area contributed by atoms with Gasteiger partial charge in [-0.1, -0.05) is 30.4 Å². The lowest BCUT2D eigenvalue weighted by Gasteiger charge is -2.26. The minimum Gasteiger partial charge on any atom is -0.435 e. The van der Waals surface area contributed by atoms with Gasteiger partial charge in [0.2, 0.25) is 0 Å². The van der Waals surface area contributed by atoms with Gasteiger partial charge in [0.05, 0.1) is 6.67 Å². The van der Waals surface area contributed by atoms with Crippen molar-refractivity contribution in [2.45, 2.75) is 18.6 Å². The van der Waals surface area contributed by atoms with Crippen LogP contribution in [0.15, 0.2) is 53.5 Å². The third kappa shape index (κ3) is 3.87. The third-order valence-electron chi connectivity index (χ3n) is 4.72. The Bertz CT molecular complexity index is 992. The number of ether oxygens (including phenoxy) is 1. The molecule has 5 nitrogen and oxygen atoms in total. The number of amides is 1. The summed E-state index contributed by atoms with van der Waals surface area (Å²) in [6, 6.07) is 9.43. The molecule has 0 aromatic heterocycles. The number of carbonyl (C=O) groups excluding carboxylic acids is 1. The smallest absolute Gasteiger partial charge is 0.387 e. The minimum absolute atomic E-state index is 0.0493. The molecule has 1 heterocycles. The third-order valence-corrected chi connectivity index (χ3v) is 4.72. The molecule has 2 aromatic rings. The number of halogens is 4. The summed E-state index contributed by atoms with van der Waals surface area (Å²) in [6.07, 6.45) is 3.01. The molecule has 0 saturated heterocycles. The van der Waals surface area contributed by atoms with Gasteiger partial charge >= 0.3 is 6.61 Å². The van der Waals surface area contributed by atoms with E-state index in [0.717, 1.165) is 4.90 Å². The van der Waals surface area contributed by atoms with Crippen molar-refractivity contribution in [3.05, 3.63) is 71.0 Å². The summed E-state index contributed by atoms with van der Waals surface area (Å²) in [5, 5.41) is 0. The van der Waals surface area contributed by atoms with Crippen LogP contribution in [0.25, 0.3) is 6.08 Å². The number of hydrogen-bond donors (Lipinski definition) is 1.